The van der Waals surface area contributed by atoms with Gasteiger partial charge < -0.3 is 5.11 Å². The summed E-state index contributed by atoms with van der Waals surface area (Å²) in [6.45, 7) is 4.56. The van der Waals surface area contributed by atoms with Gasteiger partial charge in [-0.1, -0.05) is 22.9 Å². The molecule has 0 aromatic rings. The average Bonchev–Trinajstić information content (AvgIpc) is 3.42. The number of carbonyl (C=O) groups excluding carboxylic acids is 1. The Morgan fingerprint density at radius 3 is 2.44 bits per heavy atom. The van der Waals surface area contributed by atoms with E-state index in [0.29, 0.717) is 16.5 Å². The van der Waals surface area contributed by atoms with Crippen LogP contribution in [0.15, 0.2) is 0 Å². The predicted molar refractivity (Wildman–Crippen MR) is 100 cm³/mol. The zero-order valence-corrected chi connectivity index (χ0v) is 17.1. The van der Waals surface area contributed by atoms with E-state index in [1.54, 1.807) is 0 Å². The number of aliphatic hydroxyl groups is 1. The SMILES string of the molecule is C[C@@]1(O)CC[C@H]2[C@H](CC[C@@H]3[C@@H]2CC[C@@]2(C)[C@H]3C3C4[C@@H]3C42C(=O)CBr)C1. The molecule has 7 aliphatic rings. The average molecular weight is 407 g/mol. The van der Waals surface area contributed by atoms with Gasteiger partial charge in [-0.15, -0.1) is 0 Å². The zero-order valence-electron chi connectivity index (χ0n) is 15.5. The van der Waals surface area contributed by atoms with Gasteiger partial charge in [-0.3, -0.25) is 4.79 Å². The van der Waals surface area contributed by atoms with Crippen molar-refractivity contribution in [3.8, 4) is 0 Å². The number of halogens is 1. The summed E-state index contributed by atoms with van der Waals surface area (Å²) >= 11 is 3.49. The maximum atomic E-state index is 12.8. The third-order valence-corrected chi connectivity index (χ3v) is 11.0. The first-order chi connectivity index (χ1) is 11.9. The molecule has 3 unspecified atom stereocenters. The Balaban J connectivity index is 1.31. The third kappa shape index (κ3) is 1.63. The molecule has 0 aromatic carbocycles. The topological polar surface area (TPSA) is 37.3 Å². The molecule has 11 atom stereocenters. The van der Waals surface area contributed by atoms with E-state index in [9.17, 15) is 9.90 Å². The highest BCUT2D eigenvalue weighted by Crippen LogP contribution is 2.99. The monoisotopic (exact) mass is 406 g/mol. The van der Waals surface area contributed by atoms with E-state index in [4.69, 9.17) is 0 Å². The fourth-order valence-corrected chi connectivity index (χ4v) is 10.3. The van der Waals surface area contributed by atoms with E-state index >= 15 is 0 Å². The van der Waals surface area contributed by atoms with Gasteiger partial charge in [0, 0.05) is 5.41 Å². The van der Waals surface area contributed by atoms with Gasteiger partial charge in [0.1, 0.15) is 0 Å². The molecule has 0 amide bonds. The first-order valence-electron chi connectivity index (χ1n) is 10.7. The molecule has 7 aliphatic carbocycles. The van der Waals surface area contributed by atoms with E-state index < -0.39 is 5.60 Å². The quantitative estimate of drug-likeness (QED) is 0.688. The number of alkyl halides is 1. The second-order valence-corrected chi connectivity index (χ2v) is 11.7. The summed E-state index contributed by atoms with van der Waals surface area (Å²) in [6, 6.07) is 0. The van der Waals surface area contributed by atoms with Crippen LogP contribution in [0, 0.1) is 58.2 Å². The molecule has 0 saturated heterocycles. The van der Waals surface area contributed by atoms with Crippen LogP contribution < -0.4 is 0 Å². The lowest BCUT2D eigenvalue weighted by atomic mass is 9.49. The van der Waals surface area contributed by atoms with Crippen LogP contribution in [0.2, 0.25) is 0 Å². The highest BCUT2D eigenvalue weighted by molar-refractivity contribution is 9.09. The minimum atomic E-state index is -0.414. The molecule has 0 aliphatic heterocycles. The summed E-state index contributed by atoms with van der Waals surface area (Å²) < 4.78 is 0. The molecule has 1 N–H and O–H groups in total. The second-order valence-electron chi connectivity index (χ2n) is 11.1. The lowest BCUT2D eigenvalue weighted by Gasteiger charge is -2.56. The van der Waals surface area contributed by atoms with Gasteiger partial charge in [-0.2, -0.15) is 0 Å². The molecule has 0 aromatic heterocycles. The summed E-state index contributed by atoms with van der Waals surface area (Å²) in [5.41, 5.74) is -0.00145. The van der Waals surface area contributed by atoms with Crippen LogP contribution in [0.5, 0.6) is 0 Å². The first kappa shape index (κ1) is 16.1. The van der Waals surface area contributed by atoms with Crippen molar-refractivity contribution < 1.29 is 9.90 Å². The number of rotatable bonds is 2. The lowest BCUT2D eigenvalue weighted by Crippen LogP contribution is -2.51. The summed E-state index contributed by atoms with van der Waals surface area (Å²) in [7, 11) is 0. The van der Waals surface area contributed by atoms with Crippen LogP contribution in [-0.4, -0.2) is 21.8 Å². The third-order valence-electron chi connectivity index (χ3n) is 10.4. The number of hydrogen-bond donors (Lipinski definition) is 1. The number of hydrogen-bond acceptors (Lipinski definition) is 2. The number of ketones is 1. The van der Waals surface area contributed by atoms with Crippen LogP contribution in [0.4, 0.5) is 0 Å². The van der Waals surface area contributed by atoms with Crippen molar-refractivity contribution in [2.45, 2.75) is 64.4 Å². The van der Waals surface area contributed by atoms with E-state index in [2.05, 4.69) is 29.8 Å². The molecule has 0 spiro atoms. The van der Waals surface area contributed by atoms with Gasteiger partial charge in [0.25, 0.3) is 0 Å². The first-order valence-corrected chi connectivity index (χ1v) is 11.8. The van der Waals surface area contributed by atoms with Crippen molar-refractivity contribution in [2.24, 2.45) is 58.2 Å². The molecule has 0 radical (unpaired) electrons. The molecule has 0 heterocycles. The van der Waals surface area contributed by atoms with Crippen molar-refractivity contribution in [3.63, 3.8) is 0 Å². The Morgan fingerprint density at radius 2 is 1.72 bits per heavy atom. The molecule has 25 heavy (non-hydrogen) atoms. The van der Waals surface area contributed by atoms with E-state index in [1.165, 1.54) is 32.1 Å². The highest BCUT2D eigenvalue weighted by atomic mass is 79.9. The Bertz CT molecular complexity index is 646. The van der Waals surface area contributed by atoms with Gasteiger partial charge in [-0.05, 0) is 105 Å². The maximum absolute atomic E-state index is 12.8. The Labute approximate surface area is 159 Å². The van der Waals surface area contributed by atoms with Crippen LogP contribution in [0.1, 0.15) is 58.8 Å². The smallest absolute Gasteiger partial charge is 0.150 e. The van der Waals surface area contributed by atoms with Crippen LogP contribution in [-0.2, 0) is 4.79 Å². The summed E-state index contributed by atoms with van der Waals surface area (Å²) in [5.74, 6) is 7.22. The molecule has 7 fully saturated rings. The van der Waals surface area contributed by atoms with Gasteiger partial charge in [0.15, 0.2) is 5.78 Å². The number of Topliss-reactive ketones (excluding diaryl/α,β-unsaturated/α-hetero) is 1. The van der Waals surface area contributed by atoms with Crippen LogP contribution >= 0.6 is 15.9 Å². The molecular formula is C22H31BrO2. The maximum Gasteiger partial charge on any atom is 0.150 e. The minimum Gasteiger partial charge on any atom is -0.390 e. The molecule has 7 rings (SSSR count). The molecule has 2 nitrogen and oxygen atoms in total. The van der Waals surface area contributed by atoms with Crippen molar-refractivity contribution in [1.82, 2.24) is 0 Å². The largest absolute Gasteiger partial charge is 0.390 e. The van der Waals surface area contributed by atoms with Gasteiger partial charge in [-0.25, -0.2) is 0 Å². The van der Waals surface area contributed by atoms with E-state index in [0.717, 1.165) is 60.2 Å². The van der Waals surface area contributed by atoms with Crippen molar-refractivity contribution in [2.75, 3.05) is 5.33 Å². The summed E-state index contributed by atoms with van der Waals surface area (Å²) in [4.78, 5) is 12.8. The highest BCUT2D eigenvalue weighted by Gasteiger charge is 2.99. The van der Waals surface area contributed by atoms with Crippen molar-refractivity contribution in [1.29, 1.82) is 0 Å². The normalized spacial score (nSPS) is 66.1. The molecule has 138 valence electrons. The fraction of sp³-hybridized carbons (Fsp3) is 0.955. The molecule has 2 bridgehead atoms. The Kier molecular flexibility index (Phi) is 2.94. The minimum absolute atomic E-state index is 0.101. The molecular weight excluding hydrogens is 376 g/mol. The van der Waals surface area contributed by atoms with Gasteiger partial charge >= 0.3 is 0 Å². The van der Waals surface area contributed by atoms with Gasteiger partial charge in [0.05, 0.1) is 10.9 Å². The molecule has 3 heteroatoms. The van der Waals surface area contributed by atoms with Crippen LogP contribution in [0.3, 0.4) is 0 Å². The summed E-state index contributed by atoms with van der Waals surface area (Å²) in [6.07, 6.45) is 8.62. The second kappa shape index (κ2) is 4.57. The fourth-order valence-electron chi connectivity index (χ4n) is 9.80. The predicted octanol–water partition coefficient (Wildman–Crippen LogP) is 4.44. The van der Waals surface area contributed by atoms with E-state index in [1.807, 2.05) is 0 Å². The standard InChI is InChI=1S/C22H31BrO2/c1-20(25)7-5-12-11(9-20)3-4-14-13(12)6-8-21(2)17(14)16-18-19(16)22(18,21)15(24)10-23/h11-14,16-19,25H,3-10H2,1-2H3/t11-,12+,13-,14-,16?,17-,18-,19?,20-,21+,22?/m1/s1. The number of carbonyl (C=O) groups is 1. The van der Waals surface area contributed by atoms with Crippen LogP contribution in [0.25, 0.3) is 0 Å². The lowest BCUT2D eigenvalue weighted by molar-refractivity contribution is -0.133. The number of fused-ring (bicyclic) bond motifs is 3. The zero-order chi connectivity index (χ0) is 17.4. The summed E-state index contributed by atoms with van der Waals surface area (Å²) in [5, 5.41) is 11.1. The Hall–Kier alpha value is 0.110. The van der Waals surface area contributed by atoms with Crippen molar-refractivity contribution >= 4 is 21.7 Å². The molecule has 7 saturated carbocycles. The van der Waals surface area contributed by atoms with E-state index in [-0.39, 0.29) is 5.41 Å². The Morgan fingerprint density at radius 1 is 1.00 bits per heavy atom. The van der Waals surface area contributed by atoms with Crippen molar-refractivity contribution in [3.05, 3.63) is 0 Å². The van der Waals surface area contributed by atoms with Gasteiger partial charge in [0.2, 0.25) is 0 Å².